The molecule has 0 aliphatic heterocycles. The van der Waals surface area contributed by atoms with Crippen LogP contribution in [0.5, 0.6) is 0 Å². The first-order chi connectivity index (χ1) is 9.02. The summed E-state index contributed by atoms with van der Waals surface area (Å²) in [5.74, 6) is 0.869. The van der Waals surface area contributed by atoms with Crippen LogP contribution in [0.15, 0.2) is 0 Å². The predicted molar refractivity (Wildman–Crippen MR) is 78.3 cm³/mol. The van der Waals surface area contributed by atoms with Gasteiger partial charge in [0.15, 0.2) is 0 Å². The fourth-order valence-corrected chi connectivity index (χ4v) is 4.07. The molecule has 2 saturated carbocycles. The highest BCUT2D eigenvalue weighted by atomic mass is 16.5. The Kier molecular flexibility index (Phi) is 4.91. The van der Waals surface area contributed by atoms with Crippen LogP contribution in [-0.4, -0.2) is 39.0 Å². The van der Waals surface area contributed by atoms with Crippen LogP contribution >= 0.6 is 0 Å². The van der Waals surface area contributed by atoms with Gasteiger partial charge in [0.2, 0.25) is 0 Å². The van der Waals surface area contributed by atoms with Gasteiger partial charge >= 0.3 is 0 Å². The zero-order valence-corrected chi connectivity index (χ0v) is 13.1. The van der Waals surface area contributed by atoms with Gasteiger partial charge in [0, 0.05) is 19.7 Å². The van der Waals surface area contributed by atoms with E-state index in [1.165, 1.54) is 19.3 Å². The molecule has 3 atom stereocenters. The van der Waals surface area contributed by atoms with Crippen molar-refractivity contribution in [1.29, 1.82) is 0 Å². The molecule has 0 aromatic rings. The minimum absolute atomic E-state index is 0.392. The fraction of sp³-hybridized carbons (Fsp3) is 1.00. The molecule has 2 bridgehead atoms. The van der Waals surface area contributed by atoms with Gasteiger partial charge in [-0.3, -0.25) is 0 Å². The van der Waals surface area contributed by atoms with Crippen molar-refractivity contribution in [2.75, 3.05) is 32.9 Å². The Hall–Kier alpha value is -0.120. The molecule has 0 aromatic heterocycles. The molecule has 0 amide bonds. The third kappa shape index (κ3) is 2.84. The molecule has 19 heavy (non-hydrogen) atoms. The number of fused-ring (bicyclic) bond motifs is 2. The zero-order chi connectivity index (χ0) is 13.9. The average Bonchev–Trinajstić information content (AvgIpc) is 2.70. The number of rotatable bonds is 8. The Labute approximate surface area is 118 Å². The number of ether oxygens (including phenoxy) is 2. The van der Waals surface area contributed by atoms with Crippen molar-refractivity contribution in [3.63, 3.8) is 0 Å². The Balaban J connectivity index is 1.65. The van der Waals surface area contributed by atoms with Gasteiger partial charge in [-0.1, -0.05) is 20.8 Å². The molecule has 3 nitrogen and oxygen atoms in total. The average molecular weight is 269 g/mol. The summed E-state index contributed by atoms with van der Waals surface area (Å²) in [5.41, 5.74) is 0.850. The predicted octanol–water partition coefficient (Wildman–Crippen LogP) is 2.84. The molecular weight excluding hydrogens is 238 g/mol. The summed E-state index contributed by atoms with van der Waals surface area (Å²) in [5, 5.41) is 3.37. The molecule has 1 N–H and O–H groups in total. The monoisotopic (exact) mass is 269 g/mol. The van der Waals surface area contributed by atoms with E-state index in [0.29, 0.717) is 16.9 Å². The first-order valence-electron chi connectivity index (χ1n) is 7.92. The molecule has 0 spiro atoms. The quantitative estimate of drug-likeness (QED) is 0.687. The molecule has 0 heterocycles. The van der Waals surface area contributed by atoms with Crippen molar-refractivity contribution in [3.05, 3.63) is 0 Å². The minimum Gasteiger partial charge on any atom is -0.380 e. The molecule has 3 heteroatoms. The van der Waals surface area contributed by atoms with Gasteiger partial charge in [0.25, 0.3) is 0 Å². The van der Waals surface area contributed by atoms with Crippen LogP contribution in [0.3, 0.4) is 0 Å². The fourth-order valence-electron chi connectivity index (χ4n) is 4.07. The summed E-state index contributed by atoms with van der Waals surface area (Å²) in [4.78, 5) is 0. The topological polar surface area (TPSA) is 30.5 Å². The molecule has 3 unspecified atom stereocenters. The van der Waals surface area contributed by atoms with E-state index in [1.54, 1.807) is 0 Å². The Morgan fingerprint density at radius 1 is 1.16 bits per heavy atom. The van der Waals surface area contributed by atoms with Crippen molar-refractivity contribution in [2.24, 2.45) is 16.7 Å². The van der Waals surface area contributed by atoms with Crippen LogP contribution in [0.1, 0.15) is 47.0 Å². The van der Waals surface area contributed by atoms with Crippen LogP contribution in [0.4, 0.5) is 0 Å². The van der Waals surface area contributed by atoms with Crippen molar-refractivity contribution in [1.82, 2.24) is 5.32 Å². The molecule has 112 valence electrons. The lowest BCUT2D eigenvalue weighted by atomic mass is 9.70. The van der Waals surface area contributed by atoms with Gasteiger partial charge in [-0.15, -0.1) is 0 Å². The zero-order valence-electron chi connectivity index (χ0n) is 13.1. The first-order valence-corrected chi connectivity index (χ1v) is 7.92. The number of hydrogen-bond acceptors (Lipinski definition) is 3. The molecular formula is C16H31NO2. The van der Waals surface area contributed by atoms with Crippen LogP contribution in [0.2, 0.25) is 0 Å². The van der Waals surface area contributed by atoms with Crippen LogP contribution < -0.4 is 5.32 Å². The minimum atomic E-state index is 0.392. The smallest absolute Gasteiger partial charge is 0.0637 e. The third-order valence-electron chi connectivity index (χ3n) is 5.94. The van der Waals surface area contributed by atoms with E-state index in [9.17, 15) is 0 Å². The highest BCUT2D eigenvalue weighted by molar-refractivity contribution is 5.11. The van der Waals surface area contributed by atoms with Gasteiger partial charge in [-0.2, -0.15) is 0 Å². The van der Waals surface area contributed by atoms with E-state index in [4.69, 9.17) is 9.47 Å². The van der Waals surface area contributed by atoms with Gasteiger partial charge < -0.3 is 14.8 Å². The normalized spacial score (nSPS) is 36.0. The molecule has 0 radical (unpaired) electrons. The first kappa shape index (κ1) is 15.3. The highest BCUT2D eigenvalue weighted by Gasteiger charge is 2.61. The Bertz CT molecular complexity index is 292. The molecule has 2 aliphatic carbocycles. The molecule has 2 aliphatic rings. The van der Waals surface area contributed by atoms with Crippen molar-refractivity contribution in [2.45, 2.75) is 53.1 Å². The molecule has 0 aromatic carbocycles. The van der Waals surface area contributed by atoms with Crippen LogP contribution in [0.25, 0.3) is 0 Å². The molecule has 0 saturated heterocycles. The standard InChI is InChI=1S/C16H31NO2/c1-5-18-10-8-17-9-11-19-14-12-13-6-7-16(14,4)15(13,2)3/h13-14,17H,5-12H2,1-4H3. The van der Waals surface area contributed by atoms with E-state index >= 15 is 0 Å². The van der Waals surface area contributed by atoms with E-state index < -0.39 is 0 Å². The van der Waals surface area contributed by atoms with E-state index in [-0.39, 0.29) is 0 Å². The Morgan fingerprint density at radius 2 is 1.89 bits per heavy atom. The number of hydrogen-bond donors (Lipinski definition) is 1. The summed E-state index contributed by atoms with van der Waals surface area (Å²) in [6, 6.07) is 0. The summed E-state index contributed by atoms with van der Waals surface area (Å²) in [7, 11) is 0. The molecule has 2 fully saturated rings. The third-order valence-corrected chi connectivity index (χ3v) is 5.94. The second-order valence-corrected chi connectivity index (χ2v) is 6.92. The van der Waals surface area contributed by atoms with Gasteiger partial charge in [0.1, 0.15) is 0 Å². The number of nitrogens with one attached hydrogen (secondary N) is 1. The SMILES string of the molecule is CCOCCNCCOC1CC2CCC1(C)C2(C)C. The second kappa shape index (κ2) is 6.11. The summed E-state index contributed by atoms with van der Waals surface area (Å²) in [6.45, 7) is 13.6. The maximum absolute atomic E-state index is 6.18. The van der Waals surface area contributed by atoms with Crippen molar-refractivity contribution in [3.8, 4) is 0 Å². The van der Waals surface area contributed by atoms with E-state index in [0.717, 1.165) is 38.8 Å². The summed E-state index contributed by atoms with van der Waals surface area (Å²) < 4.78 is 11.5. The molecule has 2 rings (SSSR count). The largest absolute Gasteiger partial charge is 0.380 e. The highest BCUT2D eigenvalue weighted by Crippen LogP contribution is 2.66. The summed E-state index contributed by atoms with van der Waals surface area (Å²) in [6.07, 6.45) is 4.47. The lowest BCUT2D eigenvalue weighted by Crippen LogP contribution is -2.38. The van der Waals surface area contributed by atoms with Gasteiger partial charge in [-0.05, 0) is 42.9 Å². The van der Waals surface area contributed by atoms with Gasteiger partial charge in [0.05, 0.1) is 19.3 Å². The van der Waals surface area contributed by atoms with Crippen molar-refractivity contribution >= 4 is 0 Å². The Morgan fingerprint density at radius 3 is 2.47 bits per heavy atom. The van der Waals surface area contributed by atoms with E-state index in [2.05, 4.69) is 26.1 Å². The van der Waals surface area contributed by atoms with E-state index in [1.807, 2.05) is 6.92 Å². The summed E-state index contributed by atoms with van der Waals surface area (Å²) >= 11 is 0. The van der Waals surface area contributed by atoms with Crippen LogP contribution in [-0.2, 0) is 9.47 Å². The van der Waals surface area contributed by atoms with Crippen molar-refractivity contribution < 1.29 is 9.47 Å². The van der Waals surface area contributed by atoms with Gasteiger partial charge in [-0.25, -0.2) is 0 Å². The second-order valence-electron chi connectivity index (χ2n) is 6.92. The maximum atomic E-state index is 6.18. The lowest BCUT2D eigenvalue weighted by molar-refractivity contribution is -0.0451. The van der Waals surface area contributed by atoms with Crippen LogP contribution in [0, 0.1) is 16.7 Å². The lowest BCUT2D eigenvalue weighted by Gasteiger charge is -2.38. The maximum Gasteiger partial charge on any atom is 0.0637 e.